The summed E-state index contributed by atoms with van der Waals surface area (Å²) in [5.41, 5.74) is 8.17. The van der Waals surface area contributed by atoms with Crippen LogP contribution >= 0.6 is 0 Å². The third-order valence-corrected chi connectivity index (χ3v) is 3.92. The van der Waals surface area contributed by atoms with Gasteiger partial charge in [-0.15, -0.1) is 0 Å². The van der Waals surface area contributed by atoms with Crippen LogP contribution in [-0.4, -0.2) is 50.8 Å². The lowest BCUT2D eigenvalue weighted by Gasteiger charge is -2.28. The topological polar surface area (TPSA) is 93.9 Å². The molecular weight excluding hydrogens is 298 g/mol. The van der Waals surface area contributed by atoms with Gasteiger partial charge in [-0.2, -0.15) is 0 Å². The maximum absolute atomic E-state index is 12.1. The number of hydrogen-bond acceptors (Lipinski definition) is 5. The van der Waals surface area contributed by atoms with Crippen LogP contribution in [-0.2, 0) is 19.1 Å². The molecular formula is C16H23N3O4. The fraction of sp³-hybridized carbons (Fsp3) is 0.500. The summed E-state index contributed by atoms with van der Waals surface area (Å²) in [4.78, 5) is 25.7. The molecule has 1 aromatic rings. The first-order valence-electron chi connectivity index (χ1n) is 7.52. The molecule has 2 rings (SSSR count). The van der Waals surface area contributed by atoms with Crippen molar-refractivity contribution in [2.75, 3.05) is 37.1 Å². The van der Waals surface area contributed by atoms with Gasteiger partial charge in [0.2, 0.25) is 5.91 Å². The Hall–Kier alpha value is -1.96. The minimum absolute atomic E-state index is 0.0629. The second-order valence-electron chi connectivity index (χ2n) is 5.56. The van der Waals surface area contributed by atoms with Crippen LogP contribution in [0, 0.1) is 6.92 Å². The highest BCUT2D eigenvalue weighted by Gasteiger charge is 2.23. The Balaban J connectivity index is 2.10. The Morgan fingerprint density at radius 1 is 1.48 bits per heavy atom. The minimum Gasteiger partial charge on any atom is -0.380 e. The third kappa shape index (κ3) is 4.07. The minimum atomic E-state index is -0.749. The molecule has 1 aliphatic rings. The van der Waals surface area contributed by atoms with Gasteiger partial charge in [-0.3, -0.25) is 9.59 Å². The van der Waals surface area contributed by atoms with Crippen LogP contribution in [0.25, 0.3) is 0 Å². The molecule has 0 aliphatic carbocycles. The standard InChI is InChI=1S/C16H23N3O4/c1-10-8-12(18-16(21)15(17)11(2)22-3)4-5-13(10)19-6-7-23-9-14(19)20/h4-5,8,11,15H,6-7,9,17H2,1-3H3,(H,18,21). The number of nitrogens with one attached hydrogen (secondary N) is 1. The Morgan fingerprint density at radius 3 is 2.83 bits per heavy atom. The van der Waals surface area contributed by atoms with Crippen molar-refractivity contribution in [3.8, 4) is 0 Å². The van der Waals surface area contributed by atoms with Crippen LogP contribution in [0.3, 0.4) is 0 Å². The Morgan fingerprint density at radius 2 is 2.22 bits per heavy atom. The van der Waals surface area contributed by atoms with Gasteiger partial charge in [0.25, 0.3) is 5.91 Å². The van der Waals surface area contributed by atoms with Crippen molar-refractivity contribution >= 4 is 23.2 Å². The van der Waals surface area contributed by atoms with E-state index in [4.69, 9.17) is 15.2 Å². The average molecular weight is 321 g/mol. The molecule has 0 bridgehead atoms. The first-order chi connectivity index (χ1) is 10.9. The first kappa shape index (κ1) is 17.4. The highest BCUT2D eigenvalue weighted by atomic mass is 16.5. The number of morpholine rings is 1. The maximum atomic E-state index is 12.1. The zero-order chi connectivity index (χ0) is 17.0. The fourth-order valence-electron chi connectivity index (χ4n) is 2.39. The molecule has 1 aliphatic heterocycles. The van der Waals surface area contributed by atoms with Gasteiger partial charge in [0.1, 0.15) is 12.6 Å². The molecule has 1 fully saturated rings. The number of carbonyl (C=O) groups is 2. The molecule has 1 saturated heterocycles. The molecule has 2 unspecified atom stereocenters. The van der Waals surface area contributed by atoms with E-state index in [-0.39, 0.29) is 24.5 Å². The highest BCUT2D eigenvalue weighted by molar-refractivity contribution is 5.97. The van der Waals surface area contributed by atoms with Crippen molar-refractivity contribution in [2.45, 2.75) is 26.0 Å². The van der Waals surface area contributed by atoms with Crippen molar-refractivity contribution < 1.29 is 19.1 Å². The highest BCUT2D eigenvalue weighted by Crippen LogP contribution is 2.25. The van der Waals surface area contributed by atoms with E-state index in [9.17, 15) is 9.59 Å². The van der Waals surface area contributed by atoms with Crippen LogP contribution in [0.4, 0.5) is 11.4 Å². The molecule has 7 nitrogen and oxygen atoms in total. The summed E-state index contributed by atoms with van der Waals surface area (Å²) >= 11 is 0. The summed E-state index contributed by atoms with van der Waals surface area (Å²) in [5, 5.41) is 2.77. The molecule has 126 valence electrons. The maximum Gasteiger partial charge on any atom is 0.253 e. The van der Waals surface area contributed by atoms with Gasteiger partial charge in [-0.25, -0.2) is 0 Å². The molecule has 7 heteroatoms. The van der Waals surface area contributed by atoms with Crippen molar-refractivity contribution in [3.63, 3.8) is 0 Å². The SMILES string of the molecule is COC(C)C(N)C(=O)Nc1ccc(N2CCOCC2=O)c(C)c1. The van der Waals surface area contributed by atoms with Gasteiger partial charge in [-0.1, -0.05) is 0 Å². The number of hydrogen-bond donors (Lipinski definition) is 2. The van der Waals surface area contributed by atoms with E-state index in [0.717, 1.165) is 11.3 Å². The lowest BCUT2D eigenvalue weighted by atomic mass is 10.1. The predicted octanol–water partition coefficient (Wildman–Crippen LogP) is 0.659. The number of benzene rings is 1. The van der Waals surface area contributed by atoms with Crippen molar-refractivity contribution in [1.82, 2.24) is 0 Å². The van der Waals surface area contributed by atoms with Crippen molar-refractivity contribution in [3.05, 3.63) is 23.8 Å². The van der Waals surface area contributed by atoms with Crippen LogP contribution in [0.2, 0.25) is 0 Å². The summed E-state index contributed by atoms with van der Waals surface area (Å²) in [7, 11) is 1.51. The number of carbonyl (C=O) groups excluding carboxylic acids is 2. The number of nitrogens with zero attached hydrogens (tertiary/aromatic N) is 1. The molecule has 0 aromatic heterocycles. The lowest BCUT2D eigenvalue weighted by molar-refractivity contribution is -0.125. The number of ether oxygens (including phenoxy) is 2. The zero-order valence-electron chi connectivity index (χ0n) is 13.7. The number of methoxy groups -OCH3 is 1. The Bertz CT molecular complexity index is 591. The number of anilines is 2. The van der Waals surface area contributed by atoms with Gasteiger partial charge in [0, 0.05) is 25.0 Å². The lowest BCUT2D eigenvalue weighted by Crippen LogP contribution is -2.44. The van der Waals surface area contributed by atoms with E-state index in [1.165, 1.54) is 7.11 Å². The largest absolute Gasteiger partial charge is 0.380 e. The second kappa shape index (κ2) is 7.54. The number of nitrogens with two attached hydrogens (primary N) is 1. The quantitative estimate of drug-likeness (QED) is 0.831. The van der Waals surface area contributed by atoms with Crippen LogP contribution < -0.4 is 16.0 Å². The second-order valence-corrected chi connectivity index (χ2v) is 5.56. The number of aryl methyl sites for hydroxylation is 1. The van der Waals surface area contributed by atoms with Gasteiger partial charge in [-0.05, 0) is 37.6 Å². The number of amides is 2. The molecule has 0 spiro atoms. The average Bonchev–Trinajstić information content (AvgIpc) is 2.54. The molecule has 2 atom stereocenters. The van der Waals surface area contributed by atoms with E-state index < -0.39 is 6.04 Å². The van der Waals surface area contributed by atoms with E-state index in [1.54, 1.807) is 17.9 Å². The third-order valence-electron chi connectivity index (χ3n) is 3.92. The molecule has 3 N–H and O–H groups in total. The Labute approximate surface area is 135 Å². The van der Waals surface area contributed by atoms with Gasteiger partial charge in [0.05, 0.1) is 12.7 Å². The predicted molar refractivity (Wildman–Crippen MR) is 87.4 cm³/mol. The zero-order valence-corrected chi connectivity index (χ0v) is 13.7. The van der Waals surface area contributed by atoms with E-state index >= 15 is 0 Å². The first-order valence-corrected chi connectivity index (χ1v) is 7.52. The van der Waals surface area contributed by atoms with Crippen molar-refractivity contribution in [1.29, 1.82) is 0 Å². The van der Waals surface area contributed by atoms with Gasteiger partial charge in [0.15, 0.2) is 0 Å². The molecule has 2 amide bonds. The van der Waals surface area contributed by atoms with E-state index in [1.807, 2.05) is 19.1 Å². The summed E-state index contributed by atoms with van der Waals surface area (Å²) in [6.07, 6.45) is -0.374. The summed E-state index contributed by atoms with van der Waals surface area (Å²) in [5.74, 6) is -0.374. The molecule has 0 saturated carbocycles. The van der Waals surface area contributed by atoms with Crippen LogP contribution in [0.1, 0.15) is 12.5 Å². The van der Waals surface area contributed by atoms with E-state index in [0.29, 0.717) is 18.8 Å². The normalized spacial score (nSPS) is 17.7. The Kier molecular flexibility index (Phi) is 5.70. The summed E-state index contributed by atoms with van der Waals surface area (Å²) in [6.45, 7) is 4.78. The summed E-state index contributed by atoms with van der Waals surface area (Å²) < 4.78 is 10.2. The molecule has 1 aromatic carbocycles. The van der Waals surface area contributed by atoms with Gasteiger partial charge >= 0.3 is 0 Å². The molecule has 0 radical (unpaired) electrons. The monoisotopic (exact) mass is 321 g/mol. The number of rotatable bonds is 5. The smallest absolute Gasteiger partial charge is 0.253 e. The fourth-order valence-corrected chi connectivity index (χ4v) is 2.39. The van der Waals surface area contributed by atoms with Crippen molar-refractivity contribution in [2.24, 2.45) is 5.73 Å². The van der Waals surface area contributed by atoms with E-state index in [2.05, 4.69) is 5.32 Å². The van der Waals surface area contributed by atoms with Crippen LogP contribution in [0.5, 0.6) is 0 Å². The van der Waals surface area contributed by atoms with Crippen LogP contribution in [0.15, 0.2) is 18.2 Å². The van der Waals surface area contributed by atoms with Gasteiger partial charge < -0.3 is 25.4 Å². The molecule has 1 heterocycles. The summed E-state index contributed by atoms with van der Waals surface area (Å²) in [6, 6.07) is 4.65. The molecule has 23 heavy (non-hydrogen) atoms.